The second kappa shape index (κ2) is 11.4. The van der Waals surface area contributed by atoms with E-state index >= 15 is 0 Å². The van der Waals surface area contributed by atoms with Gasteiger partial charge in [-0.25, -0.2) is 14.8 Å². The van der Waals surface area contributed by atoms with Crippen LogP contribution in [0.25, 0.3) is 17.8 Å². The zero-order valence-electron chi connectivity index (χ0n) is 22.9. The van der Waals surface area contributed by atoms with Crippen molar-refractivity contribution in [2.45, 2.75) is 51.5 Å². The molecule has 3 amide bonds. The summed E-state index contributed by atoms with van der Waals surface area (Å²) < 4.78 is 1.43. The Balaban J connectivity index is 1.45. The summed E-state index contributed by atoms with van der Waals surface area (Å²) in [7, 11) is 0. The van der Waals surface area contributed by atoms with Crippen molar-refractivity contribution in [3.05, 3.63) is 56.7 Å². The first-order valence-corrected chi connectivity index (χ1v) is 14.0. The number of nitrogens with zero attached hydrogens (tertiary/aromatic N) is 7. The van der Waals surface area contributed by atoms with E-state index in [0.717, 1.165) is 18.5 Å². The highest BCUT2D eigenvalue weighted by Gasteiger charge is 2.25. The zero-order valence-corrected chi connectivity index (χ0v) is 23.7. The smallest absolute Gasteiger partial charge is 0.312 e. The van der Waals surface area contributed by atoms with Crippen molar-refractivity contribution in [2.24, 2.45) is 5.73 Å². The molecule has 4 aromatic rings. The Labute approximate surface area is 239 Å². The number of amides is 3. The number of rotatable bonds is 7. The highest BCUT2D eigenvalue weighted by Crippen LogP contribution is 2.27. The molecule has 5 rings (SSSR count). The largest absolute Gasteiger partial charge is 0.354 e. The van der Waals surface area contributed by atoms with Gasteiger partial charge in [-0.3, -0.25) is 14.0 Å². The number of urea groups is 1. The summed E-state index contributed by atoms with van der Waals surface area (Å²) in [6, 6.07) is 2.66. The molecule has 1 fully saturated rings. The number of tetrazole rings is 1. The minimum atomic E-state index is -0.601. The summed E-state index contributed by atoms with van der Waals surface area (Å²) in [6.45, 7) is 7.26. The van der Waals surface area contributed by atoms with Crippen LogP contribution in [0.4, 0.5) is 15.7 Å². The number of pyridine rings is 1. The van der Waals surface area contributed by atoms with Crippen molar-refractivity contribution in [1.82, 2.24) is 40.3 Å². The first-order valence-electron chi connectivity index (χ1n) is 13.1. The van der Waals surface area contributed by atoms with Gasteiger partial charge < -0.3 is 21.3 Å². The molecular formula is C26H31N11O3S. The van der Waals surface area contributed by atoms with E-state index in [1.807, 2.05) is 10.3 Å². The van der Waals surface area contributed by atoms with Gasteiger partial charge in [0, 0.05) is 36.1 Å². The number of fused-ring (bicyclic) bond motifs is 1. The number of carbonyl (C=O) groups excluding carboxylic acids is 2. The molecule has 41 heavy (non-hydrogen) atoms. The Bertz CT molecular complexity index is 1650. The third-order valence-electron chi connectivity index (χ3n) is 6.62. The fourth-order valence-electron chi connectivity index (χ4n) is 4.59. The summed E-state index contributed by atoms with van der Waals surface area (Å²) in [5.74, 6) is 0.538. The minimum Gasteiger partial charge on any atom is -0.354 e. The number of piperidine rings is 1. The van der Waals surface area contributed by atoms with E-state index in [2.05, 4.69) is 57.0 Å². The molecule has 1 atom stereocenters. The van der Waals surface area contributed by atoms with Crippen molar-refractivity contribution < 1.29 is 9.59 Å². The standard InChI is InChI=1S/C26H31N11O3S/c1-26(2,3)18-14-41-25(29-18)31-21(38)12-15-8-10-37-20(11-15)30-22(36-9-4-5-16(13-36)28-24(27)40)17(23(37)39)6-7-19-32-34-35-33-19/h6-8,10-11,14,16H,4-5,9,12-13H2,1-3H3,(H3,27,28,40)(H,29,31,38)(H,32,33,34,35)/b7-6+. The van der Waals surface area contributed by atoms with E-state index in [-0.39, 0.29) is 29.3 Å². The number of hydrogen-bond donors (Lipinski definition) is 4. The molecule has 0 bridgehead atoms. The van der Waals surface area contributed by atoms with Crippen LogP contribution in [0.5, 0.6) is 0 Å². The van der Waals surface area contributed by atoms with Gasteiger partial charge in [-0.2, -0.15) is 5.21 Å². The van der Waals surface area contributed by atoms with Crippen LogP contribution in [0.2, 0.25) is 0 Å². The number of hydrogen-bond acceptors (Lipinski definition) is 10. The number of carbonyl (C=O) groups is 2. The fourth-order valence-corrected chi connectivity index (χ4v) is 5.54. The lowest BCUT2D eigenvalue weighted by atomic mass is 9.93. The molecule has 1 saturated heterocycles. The molecule has 0 radical (unpaired) electrons. The molecule has 0 saturated carbocycles. The Morgan fingerprint density at radius 2 is 2.10 bits per heavy atom. The molecule has 15 heteroatoms. The van der Waals surface area contributed by atoms with Gasteiger partial charge in [0.25, 0.3) is 5.56 Å². The van der Waals surface area contributed by atoms with Gasteiger partial charge in [0.1, 0.15) is 11.5 Å². The SMILES string of the molecule is CC(C)(C)c1csc(NC(=O)Cc2ccn3c(=O)c(/C=C/c4nn[nH]n4)c(N4CCCC(NC(N)=O)C4)nc3c2)n1. The normalized spacial score (nSPS) is 15.9. The van der Waals surface area contributed by atoms with Crippen LogP contribution < -0.4 is 26.8 Å². The molecule has 0 spiro atoms. The van der Waals surface area contributed by atoms with Crippen LogP contribution in [0.15, 0.2) is 28.5 Å². The molecular weight excluding hydrogens is 546 g/mol. The first-order chi connectivity index (χ1) is 19.6. The van der Waals surface area contributed by atoms with Crippen LogP contribution in [-0.2, 0) is 16.6 Å². The topological polar surface area (TPSA) is 189 Å². The summed E-state index contributed by atoms with van der Waals surface area (Å²) >= 11 is 1.38. The lowest BCUT2D eigenvalue weighted by molar-refractivity contribution is -0.115. The number of primary amides is 1. The number of H-pyrrole nitrogens is 1. The van der Waals surface area contributed by atoms with Crippen LogP contribution in [0, 0.1) is 0 Å². The van der Waals surface area contributed by atoms with Crippen LogP contribution >= 0.6 is 11.3 Å². The number of anilines is 2. The van der Waals surface area contributed by atoms with Crippen LogP contribution in [-0.4, -0.2) is 66.1 Å². The van der Waals surface area contributed by atoms with E-state index < -0.39 is 6.03 Å². The molecule has 1 aliphatic heterocycles. The number of nitrogens with one attached hydrogen (secondary N) is 3. The van der Waals surface area contributed by atoms with E-state index in [1.54, 1.807) is 30.5 Å². The first kappa shape index (κ1) is 27.9. The monoisotopic (exact) mass is 577 g/mol. The molecule has 0 aliphatic carbocycles. The Morgan fingerprint density at radius 1 is 1.27 bits per heavy atom. The molecule has 14 nitrogen and oxygen atoms in total. The lowest BCUT2D eigenvalue weighted by Gasteiger charge is -2.34. The zero-order chi connectivity index (χ0) is 29.1. The summed E-state index contributed by atoms with van der Waals surface area (Å²) in [6.07, 6.45) is 6.40. The Hall–Kier alpha value is -4.66. The van der Waals surface area contributed by atoms with Crippen molar-refractivity contribution >= 4 is 52.0 Å². The van der Waals surface area contributed by atoms with Gasteiger partial charge in [-0.05, 0) is 47.9 Å². The predicted molar refractivity (Wildman–Crippen MR) is 156 cm³/mol. The second-order valence-electron chi connectivity index (χ2n) is 10.8. The van der Waals surface area contributed by atoms with Gasteiger partial charge >= 0.3 is 6.03 Å². The van der Waals surface area contributed by atoms with E-state index in [9.17, 15) is 14.4 Å². The summed E-state index contributed by atoms with van der Waals surface area (Å²) in [5.41, 5.74) is 7.26. The molecule has 0 aromatic carbocycles. The lowest BCUT2D eigenvalue weighted by Crippen LogP contribution is -2.50. The number of nitrogens with two attached hydrogens (primary N) is 1. The van der Waals surface area contributed by atoms with Crippen molar-refractivity contribution in [3.8, 4) is 0 Å². The molecule has 5 N–H and O–H groups in total. The summed E-state index contributed by atoms with van der Waals surface area (Å²) in [4.78, 5) is 49.3. The van der Waals surface area contributed by atoms with Crippen molar-refractivity contribution in [3.63, 3.8) is 0 Å². The minimum absolute atomic E-state index is 0.0833. The Morgan fingerprint density at radius 3 is 2.80 bits per heavy atom. The van der Waals surface area contributed by atoms with Gasteiger partial charge in [-0.15, -0.1) is 21.5 Å². The average molecular weight is 578 g/mol. The molecule has 214 valence electrons. The predicted octanol–water partition coefficient (Wildman–Crippen LogP) is 1.95. The molecule has 1 unspecified atom stereocenters. The van der Waals surface area contributed by atoms with Gasteiger partial charge in [0.2, 0.25) is 5.91 Å². The Kier molecular flexibility index (Phi) is 7.79. The second-order valence-corrected chi connectivity index (χ2v) is 11.7. The van der Waals surface area contributed by atoms with Crippen LogP contribution in [0.3, 0.4) is 0 Å². The number of aromatic amines is 1. The fraction of sp³-hybridized carbons (Fsp3) is 0.385. The molecule has 5 heterocycles. The quantitative estimate of drug-likeness (QED) is 0.254. The number of aromatic nitrogens is 7. The highest BCUT2D eigenvalue weighted by molar-refractivity contribution is 7.13. The van der Waals surface area contributed by atoms with Gasteiger partial charge in [0.15, 0.2) is 11.0 Å². The maximum absolute atomic E-state index is 13.7. The summed E-state index contributed by atoms with van der Waals surface area (Å²) in [5, 5.41) is 21.8. The van der Waals surface area contributed by atoms with Crippen LogP contribution in [0.1, 0.15) is 56.3 Å². The molecule has 4 aromatic heterocycles. The number of thiazole rings is 1. The highest BCUT2D eigenvalue weighted by atomic mass is 32.1. The average Bonchev–Trinajstić information content (AvgIpc) is 3.60. The molecule has 1 aliphatic rings. The van der Waals surface area contributed by atoms with Crippen molar-refractivity contribution in [1.29, 1.82) is 0 Å². The van der Waals surface area contributed by atoms with Gasteiger partial charge in [-0.1, -0.05) is 20.8 Å². The third-order valence-corrected chi connectivity index (χ3v) is 7.38. The maximum atomic E-state index is 13.7. The van der Waals surface area contributed by atoms with E-state index in [0.29, 0.717) is 46.6 Å². The van der Waals surface area contributed by atoms with E-state index in [4.69, 9.17) is 10.7 Å². The van der Waals surface area contributed by atoms with E-state index in [1.165, 1.54) is 15.7 Å². The third kappa shape index (κ3) is 6.57. The maximum Gasteiger partial charge on any atom is 0.312 e. The van der Waals surface area contributed by atoms with Gasteiger partial charge in [0.05, 0.1) is 17.7 Å². The van der Waals surface area contributed by atoms with Crippen molar-refractivity contribution in [2.75, 3.05) is 23.3 Å².